The molecule has 2 atom stereocenters. The number of hydrogen-bond donors (Lipinski definition) is 2. The quantitative estimate of drug-likeness (QED) is 0.819. The molecule has 1 aliphatic carbocycles. The second kappa shape index (κ2) is 4.47. The molecular weight excluding hydrogens is 250 g/mol. The Hall–Kier alpha value is -2.10. The summed E-state index contributed by atoms with van der Waals surface area (Å²) in [5, 5.41) is 4.20. The van der Waals surface area contributed by atoms with Gasteiger partial charge in [-0.1, -0.05) is 31.0 Å². The molecule has 0 saturated heterocycles. The number of fused-ring (bicyclic) bond motifs is 2. The molecule has 1 saturated carbocycles. The van der Waals surface area contributed by atoms with Crippen molar-refractivity contribution >= 4 is 22.5 Å². The first kappa shape index (κ1) is 11.7. The van der Waals surface area contributed by atoms with Crippen molar-refractivity contribution in [3.63, 3.8) is 0 Å². The number of amides is 1. The zero-order valence-electron chi connectivity index (χ0n) is 11.2. The van der Waals surface area contributed by atoms with Crippen LogP contribution in [0.25, 0.3) is 10.9 Å². The summed E-state index contributed by atoms with van der Waals surface area (Å²) in [6.07, 6.45) is 6.44. The number of aromatic amines is 1. The minimum Gasteiger partial charge on any atom is -0.360 e. The van der Waals surface area contributed by atoms with E-state index in [-0.39, 0.29) is 18.0 Å². The van der Waals surface area contributed by atoms with E-state index in [9.17, 15) is 4.79 Å². The van der Waals surface area contributed by atoms with Crippen LogP contribution in [0.4, 0.5) is 0 Å². The molecule has 0 unspecified atom stereocenters. The van der Waals surface area contributed by atoms with E-state index in [1.807, 2.05) is 30.5 Å². The van der Waals surface area contributed by atoms with Gasteiger partial charge in [0.2, 0.25) is 0 Å². The third kappa shape index (κ3) is 1.75. The Morgan fingerprint density at radius 2 is 2.00 bits per heavy atom. The largest absolute Gasteiger partial charge is 0.360 e. The van der Waals surface area contributed by atoms with Crippen LogP contribution in [0, 0.1) is 0 Å². The molecule has 2 heterocycles. The first-order valence-electron chi connectivity index (χ1n) is 7.28. The number of rotatable bonds is 1. The zero-order chi connectivity index (χ0) is 13.5. The van der Waals surface area contributed by atoms with Crippen LogP contribution in [0.1, 0.15) is 31.2 Å². The number of aromatic nitrogens is 1. The molecule has 20 heavy (non-hydrogen) atoms. The molecule has 2 N–H and O–H groups in total. The third-order valence-electron chi connectivity index (χ3n) is 4.40. The SMILES string of the molecule is O=C1N[C@@H]2CCCC[C@H]2N=C1c1c[nH]c2ccccc12. The Morgan fingerprint density at radius 1 is 1.15 bits per heavy atom. The van der Waals surface area contributed by atoms with Gasteiger partial charge in [0.1, 0.15) is 5.71 Å². The maximum absolute atomic E-state index is 12.3. The van der Waals surface area contributed by atoms with E-state index in [4.69, 9.17) is 4.99 Å². The van der Waals surface area contributed by atoms with E-state index < -0.39 is 0 Å². The van der Waals surface area contributed by atoms with E-state index in [0.717, 1.165) is 29.3 Å². The number of nitrogens with one attached hydrogen (secondary N) is 2. The second-order valence-corrected chi connectivity index (χ2v) is 5.66. The standard InChI is InChI=1S/C16H17N3O/c20-16-15(18-13-7-3-4-8-14(13)19-16)11-9-17-12-6-2-1-5-10(11)12/h1-2,5-6,9,13-14,17H,3-4,7-8H2,(H,19,20)/t13-,14-/m1/s1. The Kier molecular flexibility index (Phi) is 2.62. The summed E-state index contributed by atoms with van der Waals surface area (Å²) in [7, 11) is 0. The molecule has 102 valence electrons. The smallest absolute Gasteiger partial charge is 0.270 e. The number of hydrogen-bond acceptors (Lipinski definition) is 2. The average molecular weight is 267 g/mol. The molecule has 1 aromatic carbocycles. The van der Waals surface area contributed by atoms with Crippen LogP contribution in [-0.2, 0) is 4.79 Å². The number of carbonyl (C=O) groups excluding carboxylic acids is 1. The Labute approximate surface area is 117 Å². The van der Waals surface area contributed by atoms with Crippen molar-refractivity contribution in [1.29, 1.82) is 0 Å². The summed E-state index contributed by atoms with van der Waals surface area (Å²) in [6, 6.07) is 8.52. The van der Waals surface area contributed by atoms with Gasteiger partial charge in [-0.05, 0) is 18.9 Å². The third-order valence-corrected chi connectivity index (χ3v) is 4.40. The van der Waals surface area contributed by atoms with Gasteiger partial charge in [0.15, 0.2) is 0 Å². The van der Waals surface area contributed by atoms with Gasteiger partial charge >= 0.3 is 0 Å². The fourth-order valence-electron chi connectivity index (χ4n) is 3.35. The van der Waals surface area contributed by atoms with Gasteiger partial charge in [0, 0.05) is 22.7 Å². The molecule has 2 aliphatic rings. The second-order valence-electron chi connectivity index (χ2n) is 5.66. The summed E-state index contributed by atoms with van der Waals surface area (Å²) in [4.78, 5) is 20.3. The first-order valence-corrected chi connectivity index (χ1v) is 7.28. The van der Waals surface area contributed by atoms with Crippen LogP contribution in [0.2, 0.25) is 0 Å². The molecule has 4 rings (SSSR count). The van der Waals surface area contributed by atoms with Gasteiger partial charge in [-0.2, -0.15) is 0 Å². The van der Waals surface area contributed by atoms with Crippen LogP contribution < -0.4 is 5.32 Å². The molecule has 1 fully saturated rings. The molecule has 1 aliphatic heterocycles. The fraction of sp³-hybridized carbons (Fsp3) is 0.375. The van der Waals surface area contributed by atoms with Crippen LogP contribution in [0.5, 0.6) is 0 Å². The van der Waals surface area contributed by atoms with E-state index in [0.29, 0.717) is 5.71 Å². The minimum absolute atomic E-state index is 0.0297. The topological polar surface area (TPSA) is 57.2 Å². The summed E-state index contributed by atoms with van der Waals surface area (Å²) in [5.74, 6) is -0.0297. The number of nitrogens with zero attached hydrogens (tertiary/aromatic N) is 1. The maximum atomic E-state index is 12.3. The highest BCUT2D eigenvalue weighted by Crippen LogP contribution is 2.26. The predicted octanol–water partition coefficient (Wildman–Crippen LogP) is 2.40. The van der Waals surface area contributed by atoms with Crippen LogP contribution >= 0.6 is 0 Å². The van der Waals surface area contributed by atoms with E-state index in [2.05, 4.69) is 10.3 Å². The monoisotopic (exact) mass is 267 g/mol. The summed E-state index contributed by atoms with van der Waals surface area (Å²) in [5.41, 5.74) is 2.55. The molecule has 1 aromatic heterocycles. The lowest BCUT2D eigenvalue weighted by atomic mass is 9.88. The minimum atomic E-state index is -0.0297. The Bertz CT molecular complexity index is 701. The summed E-state index contributed by atoms with van der Waals surface area (Å²) >= 11 is 0. The van der Waals surface area contributed by atoms with Crippen LogP contribution in [-0.4, -0.2) is 28.7 Å². The van der Waals surface area contributed by atoms with Crippen LogP contribution in [0.15, 0.2) is 35.5 Å². The Morgan fingerprint density at radius 3 is 2.95 bits per heavy atom. The van der Waals surface area contributed by atoms with Crippen molar-refractivity contribution in [3.05, 3.63) is 36.0 Å². The van der Waals surface area contributed by atoms with Crippen molar-refractivity contribution < 1.29 is 4.79 Å². The maximum Gasteiger partial charge on any atom is 0.270 e. The average Bonchev–Trinajstić information content (AvgIpc) is 2.90. The van der Waals surface area contributed by atoms with Crippen molar-refractivity contribution in [2.45, 2.75) is 37.8 Å². The lowest BCUT2D eigenvalue weighted by Crippen LogP contribution is -2.51. The predicted molar refractivity (Wildman–Crippen MR) is 79.0 cm³/mol. The highest BCUT2D eigenvalue weighted by atomic mass is 16.2. The van der Waals surface area contributed by atoms with Crippen LogP contribution in [0.3, 0.4) is 0 Å². The molecule has 0 bridgehead atoms. The molecule has 2 aromatic rings. The molecule has 0 spiro atoms. The zero-order valence-corrected chi connectivity index (χ0v) is 11.2. The van der Waals surface area contributed by atoms with Gasteiger partial charge in [-0.15, -0.1) is 0 Å². The molecule has 4 nitrogen and oxygen atoms in total. The van der Waals surface area contributed by atoms with Gasteiger partial charge < -0.3 is 10.3 Å². The van der Waals surface area contributed by atoms with Crippen molar-refractivity contribution in [2.24, 2.45) is 4.99 Å². The van der Waals surface area contributed by atoms with E-state index in [1.54, 1.807) is 0 Å². The molecule has 1 amide bonds. The first-order chi connectivity index (χ1) is 9.83. The number of aliphatic imine (C=N–C) groups is 1. The van der Waals surface area contributed by atoms with Crippen molar-refractivity contribution in [1.82, 2.24) is 10.3 Å². The number of benzene rings is 1. The van der Waals surface area contributed by atoms with E-state index >= 15 is 0 Å². The van der Waals surface area contributed by atoms with E-state index in [1.165, 1.54) is 12.8 Å². The lowest BCUT2D eigenvalue weighted by molar-refractivity contribution is -0.116. The van der Waals surface area contributed by atoms with Gasteiger partial charge in [0.25, 0.3) is 5.91 Å². The number of para-hydroxylation sites is 1. The van der Waals surface area contributed by atoms with Gasteiger partial charge in [-0.3, -0.25) is 9.79 Å². The van der Waals surface area contributed by atoms with Gasteiger partial charge in [0.05, 0.1) is 12.1 Å². The van der Waals surface area contributed by atoms with Crippen molar-refractivity contribution in [3.8, 4) is 0 Å². The highest BCUT2D eigenvalue weighted by Gasteiger charge is 2.33. The molecule has 0 radical (unpaired) electrons. The normalized spacial score (nSPS) is 26.0. The Balaban J connectivity index is 1.80. The lowest BCUT2D eigenvalue weighted by Gasteiger charge is -2.33. The molecule has 4 heteroatoms. The van der Waals surface area contributed by atoms with Gasteiger partial charge in [-0.25, -0.2) is 0 Å². The summed E-state index contributed by atoms with van der Waals surface area (Å²) in [6.45, 7) is 0. The van der Waals surface area contributed by atoms with Crippen molar-refractivity contribution in [2.75, 3.05) is 0 Å². The highest BCUT2D eigenvalue weighted by molar-refractivity contribution is 6.47. The number of carbonyl (C=O) groups is 1. The molecular formula is C16H17N3O. The fourth-order valence-corrected chi connectivity index (χ4v) is 3.35. The number of H-pyrrole nitrogens is 1. The summed E-state index contributed by atoms with van der Waals surface area (Å²) < 4.78 is 0.